The van der Waals surface area contributed by atoms with Crippen LogP contribution in [0.1, 0.15) is 17.3 Å². The lowest BCUT2D eigenvalue weighted by molar-refractivity contribution is -0.150. The van der Waals surface area contributed by atoms with Gasteiger partial charge in [-0.25, -0.2) is 22.4 Å². The highest BCUT2D eigenvalue weighted by Gasteiger charge is 2.39. The SMILES string of the molecule is Cc1ccc(S(=O)(=O)n2ccc3nc(C(N)C(F)(F)F)cnc32)cc1. The molecule has 1 atom stereocenters. The van der Waals surface area contributed by atoms with Crippen molar-refractivity contribution in [3.8, 4) is 0 Å². The second-order valence-electron chi connectivity index (χ2n) is 5.45. The lowest BCUT2D eigenvalue weighted by atomic mass is 10.2. The predicted octanol–water partition coefficient (Wildman–Crippen LogP) is 2.54. The first-order chi connectivity index (χ1) is 11.6. The molecular weight excluding hydrogens is 357 g/mol. The van der Waals surface area contributed by atoms with Crippen molar-refractivity contribution in [1.82, 2.24) is 13.9 Å². The fourth-order valence-electron chi connectivity index (χ4n) is 2.24. The minimum Gasteiger partial charge on any atom is -0.315 e. The number of aromatic nitrogens is 3. The number of fused-ring (bicyclic) bond motifs is 1. The molecule has 132 valence electrons. The minimum atomic E-state index is -4.67. The molecule has 0 aliphatic heterocycles. The molecule has 1 unspecified atom stereocenters. The van der Waals surface area contributed by atoms with Gasteiger partial charge < -0.3 is 5.73 Å². The Hall–Kier alpha value is -2.46. The van der Waals surface area contributed by atoms with Gasteiger partial charge in [-0.2, -0.15) is 13.2 Å². The van der Waals surface area contributed by atoms with E-state index in [0.29, 0.717) is 0 Å². The van der Waals surface area contributed by atoms with E-state index < -0.39 is 27.9 Å². The zero-order chi connectivity index (χ0) is 18.4. The lowest BCUT2D eigenvalue weighted by Gasteiger charge is -2.14. The van der Waals surface area contributed by atoms with E-state index in [9.17, 15) is 21.6 Å². The number of nitrogens with zero attached hydrogens (tertiary/aromatic N) is 3. The molecule has 3 aromatic rings. The highest BCUT2D eigenvalue weighted by molar-refractivity contribution is 7.90. The maximum atomic E-state index is 12.7. The Morgan fingerprint density at radius 3 is 2.40 bits per heavy atom. The summed E-state index contributed by atoms with van der Waals surface area (Å²) in [7, 11) is -3.94. The third-order valence-electron chi connectivity index (χ3n) is 3.62. The summed E-state index contributed by atoms with van der Waals surface area (Å²) in [4.78, 5) is 7.65. The van der Waals surface area contributed by atoms with Crippen LogP contribution in [0.2, 0.25) is 0 Å². The summed E-state index contributed by atoms with van der Waals surface area (Å²) in [5, 5.41) is 0. The lowest BCUT2D eigenvalue weighted by Crippen LogP contribution is -2.29. The van der Waals surface area contributed by atoms with Crippen LogP contribution in [0, 0.1) is 6.92 Å². The molecule has 2 aromatic heterocycles. The Balaban J connectivity index is 2.08. The van der Waals surface area contributed by atoms with E-state index >= 15 is 0 Å². The summed E-state index contributed by atoms with van der Waals surface area (Å²) >= 11 is 0. The fourth-order valence-corrected chi connectivity index (χ4v) is 3.53. The highest BCUT2D eigenvalue weighted by atomic mass is 32.2. The van der Waals surface area contributed by atoms with Gasteiger partial charge in [0.2, 0.25) is 0 Å². The number of hydrogen-bond acceptors (Lipinski definition) is 5. The van der Waals surface area contributed by atoms with Gasteiger partial charge in [0.05, 0.1) is 16.8 Å². The average molecular weight is 370 g/mol. The molecule has 0 amide bonds. The number of aryl methyl sites for hydroxylation is 1. The van der Waals surface area contributed by atoms with E-state index in [1.54, 1.807) is 12.1 Å². The molecule has 0 saturated carbocycles. The molecule has 25 heavy (non-hydrogen) atoms. The van der Waals surface area contributed by atoms with Crippen LogP contribution >= 0.6 is 0 Å². The van der Waals surface area contributed by atoms with E-state index in [1.807, 2.05) is 6.92 Å². The Bertz CT molecular complexity index is 1030. The first-order valence-electron chi connectivity index (χ1n) is 7.09. The molecule has 3 rings (SSSR count). The number of halogens is 3. The van der Waals surface area contributed by atoms with Crippen molar-refractivity contribution in [2.75, 3.05) is 0 Å². The maximum absolute atomic E-state index is 12.7. The maximum Gasteiger partial charge on any atom is 0.409 e. The van der Waals surface area contributed by atoms with Crippen molar-refractivity contribution >= 4 is 21.2 Å². The molecule has 0 fully saturated rings. The van der Waals surface area contributed by atoms with Crippen molar-refractivity contribution in [3.63, 3.8) is 0 Å². The summed E-state index contributed by atoms with van der Waals surface area (Å²) in [6.07, 6.45) is -2.64. The molecule has 2 N–H and O–H groups in total. The third kappa shape index (κ3) is 3.10. The fraction of sp³-hybridized carbons (Fsp3) is 0.200. The second kappa shape index (κ2) is 5.81. The molecular formula is C15H13F3N4O2S. The van der Waals surface area contributed by atoms with Crippen molar-refractivity contribution < 1.29 is 21.6 Å². The average Bonchev–Trinajstić information content (AvgIpc) is 2.97. The van der Waals surface area contributed by atoms with Gasteiger partial charge in [0.15, 0.2) is 5.65 Å². The smallest absolute Gasteiger partial charge is 0.315 e. The number of nitrogens with two attached hydrogens (primary N) is 1. The van der Waals surface area contributed by atoms with Crippen molar-refractivity contribution in [3.05, 3.63) is 54.0 Å². The van der Waals surface area contributed by atoms with Crippen LogP contribution in [0.4, 0.5) is 13.2 Å². The molecule has 0 aliphatic carbocycles. The van der Waals surface area contributed by atoms with E-state index in [1.165, 1.54) is 24.4 Å². The molecule has 0 saturated heterocycles. The van der Waals surface area contributed by atoms with Gasteiger partial charge in [-0.15, -0.1) is 0 Å². The summed E-state index contributed by atoms with van der Waals surface area (Å²) < 4.78 is 64.3. The Kier molecular flexibility index (Phi) is 4.04. The van der Waals surface area contributed by atoms with Crippen LogP contribution in [-0.2, 0) is 10.0 Å². The van der Waals surface area contributed by atoms with Gasteiger partial charge in [-0.3, -0.25) is 0 Å². The molecule has 2 heterocycles. The summed E-state index contributed by atoms with van der Waals surface area (Å²) in [5.74, 6) is 0. The molecule has 0 aliphatic rings. The molecule has 0 radical (unpaired) electrons. The Labute approximate surface area is 141 Å². The Morgan fingerprint density at radius 2 is 1.80 bits per heavy atom. The monoisotopic (exact) mass is 370 g/mol. The highest BCUT2D eigenvalue weighted by Crippen LogP contribution is 2.30. The Morgan fingerprint density at radius 1 is 1.16 bits per heavy atom. The summed E-state index contributed by atoms with van der Waals surface area (Å²) in [6.45, 7) is 1.82. The zero-order valence-electron chi connectivity index (χ0n) is 12.9. The number of benzene rings is 1. The number of alkyl halides is 3. The second-order valence-corrected chi connectivity index (χ2v) is 7.27. The van der Waals surface area contributed by atoms with Crippen LogP contribution in [0.3, 0.4) is 0 Å². The molecule has 0 bridgehead atoms. The van der Waals surface area contributed by atoms with Crippen LogP contribution in [-0.4, -0.2) is 28.5 Å². The molecule has 1 aromatic carbocycles. The minimum absolute atomic E-state index is 0.00730. The van der Waals surface area contributed by atoms with Crippen molar-refractivity contribution in [2.24, 2.45) is 5.73 Å². The van der Waals surface area contributed by atoms with E-state index in [-0.39, 0.29) is 16.1 Å². The van der Waals surface area contributed by atoms with Gasteiger partial charge in [0.25, 0.3) is 10.0 Å². The topological polar surface area (TPSA) is 90.9 Å². The van der Waals surface area contributed by atoms with Gasteiger partial charge in [-0.05, 0) is 25.1 Å². The molecule has 10 heteroatoms. The van der Waals surface area contributed by atoms with Gasteiger partial charge in [0, 0.05) is 6.20 Å². The van der Waals surface area contributed by atoms with Crippen molar-refractivity contribution in [1.29, 1.82) is 0 Å². The molecule has 0 spiro atoms. The standard InChI is InChI=1S/C15H13F3N4O2S/c1-9-2-4-10(5-3-9)25(23,24)22-7-6-11-14(22)20-8-12(21-11)13(19)15(16,17)18/h2-8,13H,19H2,1H3. The first kappa shape index (κ1) is 17.4. The van der Waals surface area contributed by atoms with E-state index in [4.69, 9.17) is 5.73 Å². The number of hydrogen-bond donors (Lipinski definition) is 1. The van der Waals surface area contributed by atoms with E-state index in [0.717, 1.165) is 15.7 Å². The van der Waals surface area contributed by atoms with Crippen LogP contribution < -0.4 is 5.73 Å². The van der Waals surface area contributed by atoms with Crippen LogP contribution in [0.5, 0.6) is 0 Å². The van der Waals surface area contributed by atoms with Crippen molar-refractivity contribution in [2.45, 2.75) is 24.0 Å². The summed E-state index contributed by atoms with van der Waals surface area (Å²) in [6, 6.07) is 5.16. The third-order valence-corrected chi connectivity index (χ3v) is 5.30. The first-order valence-corrected chi connectivity index (χ1v) is 8.53. The predicted molar refractivity (Wildman–Crippen MR) is 84.3 cm³/mol. The van der Waals surface area contributed by atoms with Crippen LogP contribution in [0.25, 0.3) is 11.2 Å². The zero-order valence-corrected chi connectivity index (χ0v) is 13.7. The van der Waals surface area contributed by atoms with Gasteiger partial charge in [-0.1, -0.05) is 17.7 Å². The summed E-state index contributed by atoms with van der Waals surface area (Å²) in [5.41, 5.74) is 5.45. The number of rotatable bonds is 3. The normalized spacial score (nSPS) is 14.0. The molecule has 6 nitrogen and oxygen atoms in total. The van der Waals surface area contributed by atoms with E-state index in [2.05, 4.69) is 9.97 Å². The quantitative estimate of drug-likeness (QED) is 0.765. The van der Waals surface area contributed by atoms with Crippen LogP contribution in [0.15, 0.2) is 47.6 Å². The van der Waals surface area contributed by atoms with Gasteiger partial charge >= 0.3 is 6.18 Å². The van der Waals surface area contributed by atoms with Gasteiger partial charge in [0.1, 0.15) is 11.6 Å². The largest absolute Gasteiger partial charge is 0.409 e.